The van der Waals surface area contributed by atoms with E-state index in [0.717, 1.165) is 16.9 Å². The number of rotatable bonds is 3. The highest BCUT2D eigenvalue weighted by Gasteiger charge is 2.09. The fourth-order valence-corrected chi connectivity index (χ4v) is 2.34. The van der Waals surface area contributed by atoms with E-state index in [-0.39, 0.29) is 5.82 Å². The van der Waals surface area contributed by atoms with E-state index in [1.54, 1.807) is 16.6 Å². The van der Waals surface area contributed by atoms with E-state index in [1.165, 1.54) is 18.5 Å². The fourth-order valence-electron chi connectivity index (χ4n) is 2.34. The lowest BCUT2D eigenvalue weighted by Gasteiger charge is -2.10. The largest absolute Gasteiger partial charge is 0.340 e. The molecular weight excluding hydrogens is 293 g/mol. The zero-order chi connectivity index (χ0) is 15.6. The zero-order valence-corrected chi connectivity index (χ0v) is 12.0. The summed E-state index contributed by atoms with van der Waals surface area (Å²) in [7, 11) is 0. The van der Waals surface area contributed by atoms with Crippen LogP contribution >= 0.6 is 0 Å². The molecule has 4 aromatic rings. The Morgan fingerprint density at radius 2 is 1.74 bits per heavy atom. The predicted octanol–water partition coefficient (Wildman–Crippen LogP) is 3.67. The van der Waals surface area contributed by atoms with Crippen LogP contribution in [0.2, 0.25) is 0 Å². The SMILES string of the molecule is Fc1ccc(Nc2cc(-c3ccccc3)nc3ncnn23)cc1. The van der Waals surface area contributed by atoms with Crippen molar-refractivity contribution in [3.8, 4) is 11.3 Å². The van der Waals surface area contributed by atoms with Gasteiger partial charge in [-0.05, 0) is 24.3 Å². The smallest absolute Gasteiger partial charge is 0.254 e. The molecule has 2 aromatic heterocycles. The molecule has 1 N–H and O–H groups in total. The predicted molar refractivity (Wildman–Crippen MR) is 85.9 cm³/mol. The fraction of sp³-hybridized carbons (Fsp3) is 0. The molecule has 0 spiro atoms. The summed E-state index contributed by atoms with van der Waals surface area (Å²) in [4.78, 5) is 8.67. The minimum Gasteiger partial charge on any atom is -0.340 e. The van der Waals surface area contributed by atoms with Crippen LogP contribution in [-0.4, -0.2) is 19.6 Å². The quantitative estimate of drug-likeness (QED) is 0.627. The Bertz CT molecular complexity index is 948. The van der Waals surface area contributed by atoms with Gasteiger partial charge in [0.05, 0.1) is 5.69 Å². The van der Waals surface area contributed by atoms with E-state index in [9.17, 15) is 4.39 Å². The Labute approximate surface area is 131 Å². The molecule has 0 radical (unpaired) electrons. The highest BCUT2D eigenvalue weighted by molar-refractivity contribution is 5.68. The standard InChI is InChI=1S/C17H12FN5/c18-13-6-8-14(9-7-13)21-16-10-15(12-4-2-1-3-5-12)22-17-19-11-20-23(16)17/h1-11,21H. The average Bonchev–Trinajstić information content (AvgIpc) is 3.06. The van der Waals surface area contributed by atoms with Crippen LogP contribution < -0.4 is 5.32 Å². The Balaban J connectivity index is 1.81. The maximum absolute atomic E-state index is 13.0. The first-order valence-electron chi connectivity index (χ1n) is 7.08. The van der Waals surface area contributed by atoms with Crippen LogP contribution in [0.15, 0.2) is 67.0 Å². The van der Waals surface area contributed by atoms with Crippen molar-refractivity contribution < 1.29 is 4.39 Å². The summed E-state index contributed by atoms with van der Waals surface area (Å²) in [6.07, 6.45) is 1.45. The number of fused-ring (bicyclic) bond motifs is 1. The average molecular weight is 305 g/mol. The normalized spacial score (nSPS) is 10.8. The van der Waals surface area contributed by atoms with Gasteiger partial charge in [-0.1, -0.05) is 30.3 Å². The Morgan fingerprint density at radius 1 is 0.957 bits per heavy atom. The molecule has 0 saturated heterocycles. The van der Waals surface area contributed by atoms with Crippen molar-refractivity contribution in [1.29, 1.82) is 0 Å². The highest BCUT2D eigenvalue weighted by Crippen LogP contribution is 2.23. The molecule has 0 unspecified atom stereocenters. The van der Waals surface area contributed by atoms with Crippen molar-refractivity contribution in [3.63, 3.8) is 0 Å². The van der Waals surface area contributed by atoms with Gasteiger partial charge in [0, 0.05) is 17.3 Å². The molecule has 5 nitrogen and oxygen atoms in total. The molecule has 0 bridgehead atoms. The van der Waals surface area contributed by atoms with Gasteiger partial charge in [-0.2, -0.15) is 14.6 Å². The Morgan fingerprint density at radius 3 is 2.52 bits per heavy atom. The van der Waals surface area contributed by atoms with E-state index in [4.69, 9.17) is 0 Å². The molecule has 2 aromatic carbocycles. The maximum atomic E-state index is 13.0. The van der Waals surface area contributed by atoms with E-state index in [0.29, 0.717) is 11.6 Å². The number of hydrogen-bond acceptors (Lipinski definition) is 4. The third-order valence-electron chi connectivity index (χ3n) is 3.44. The van der Waals surface area contributed by atoms with Gasteiger partial charge in [0.1, 0.15) is 18.0 Å². The number of hydrogen-bond donors (Lipinski definition) is 1. The van der Waals surface area contributed by atoms with Crippen LogP contribution in [0.1, 0.15) is 0 Å². The van der Waals surface area contributed by atoms with Gasteiger partial charge in [0.25, 0.3) is 5.78 Å². The molecule has 23 heavy (non-hydrogen) atoms. The molecule has 0 fully saturated rings. The minimum atomic E-state index is -0.277. The summed E-state index contributed by atoms with van der Waals surface area (Å²) in [6, 6.07) is 17.9. The number of benzene rings is 2. The van der Waals surface area contributed by atoms with Gasteiger partial charge in [-0.25, -0.2) is 9.37 Å². The summed E-state index contributed by atoms with van der Waals surface area (Å²) in [5, 5.41) is 7.40. The minimum absolute atomic E-state index is 0.277. The van der Waals surface area contributed by atoms with E-state index in [1.807, 2.05) is 36.4 Å². The first kappa shape index (κ1) is 13.4. The van der Waals surface area contributed by atoms with E-state index >= 15 is 0 Å². The van der Waals surface area contributed by atoms with Crippen LogP contribution in [0, 0.1) is 5.82 Å². The topological polar surface area (TPSA) is 55.1 Å². The molecule has 0 amide bonds. The van der Waals surface area contributed by atoms with Crippen molar-refractivity contribution in [1.82, 2.24) is 19.6 Å². The lowest BCUT2D eigenvalue weighted by Crippen LogP contribution is -2.02. The van der Waals surface area contributed by atoms with Crippen molar-refractivity contribution in [3.05, 3.63) is 72.8 Å². The second-order valence-corrected chi connectivity index (χ2v) is 5.00. The lowest BCUT2D eigenvalue weighted by molar-refractivity contribution is 0.628. The summed E-state index contributed by atoms with van der Waals surface area (Å²) in [5.74, 6) is 0.926. The van der Waals surface area contributed by atoms with E-state index < -0.39 is 0 Å². The summed E-state index contributed by atoms with van der Waals surface area (Å²) < 4.78 is 14.7. The first-order valence-corrected chi connectivity index (χ1v) is 7.08. The monoisotopic (exact) mass is 305 g/mol. The molecule has 112 valence electrons. The zero-order valence-electron chi connectivity index (χ0n) is 12.0. The molecule has 0 aliphatic carbocycles. The van der Waals surface area contributed by atoms with Gasteiger partial charge in [-0.3, -0.25) is 0 Å². The van der Waals surface area contributed by atoms with Crippen LogP contribution in [-0.2, 0) is 0 Å². The van der Waals surface area contributed by atoms with Gasteiger partial charge in [0.2, 0.25) is 0 Å². The Hall–Kier alpha value is -3.28. The molecule has 4 rings (SSSR count). The van der Waals surface area contributed by atoms with Crippen molar-refractivity contribution in [2.24, 2.45) is 0 Å². The van der Waals surface area contributed by atoms with Gasteiger partial charge < -0.3 is 5.32 Å². The summed E-state index contributed by atoms with van der Waals surface area (Å²) >= 11 is 0. The van der Waals surface area contributed by atoms with Crippen LogP contribution in [0.3, 0.4) is 0 Å². The molecule has 0 saturated carbocycles. The first-order chi connectivity index (χ1) is 11.3. The van der Waals surface area contributed by atoms with Crippen molar-refractivity contribution in [2.45, 2.75) is 0 Å². The molecule has 6 heteroatoms. The van der Waals surface area contributed by atoms with Crippen molar-refractivity contribution in [2.75, 3.05) is 5.32 Å². The van der Waals surface area contributed by atoms with Gasteiger partial charge in [0.15, 0.2) is 0 Å². The van der Waals surface area contributed by atoms with Gasteiger partial charge in [-0.15, -0.1) is 0 Å². The molecular formula is C17H12FN5. The number of nitrogens with zero attached hydrogens (tertiary/aromatic N) is 4. The third-order valence-corrected chi connectivity index (χ3v) is 3.44. The highest BCUT2D eigenvalue weighted by atomic mass is 19.1. The molecule has 0 atom stereocenters. The van der Waals surface area contributed by atoms with Crippen LogP contribution in [0.5, 0.6) is 0 Å². The third kappa shape index (κ3) is 2.62. The lowest BCUT2D eigenvalue weighted by atomic mass is 10.1. The number of nitrogens with one attached hydrogen (secondary N) is 1. The molecule has 0 aliphatic rings. The summed E-state index contributed by atoms with van der Waals surface area (Å²) in [5.41, 5.74) is 2.53. The van der Waals surface area contributed by atoms with Crippen LogP contribution in [0.25, 0.3) is 17.0 Å². The number of aromatic nitrogens is 4. The van der Waals surface area contributed by atoms with E-state index in [2.05, 4.69) is 20.4 Å². The summed E-state index contributed by atoms with van der Waals surface area (Å²) in [6.45, 7) is 0. The molecule has 0 aliphatic heterocycles. The number of halogens is 1. The maximum Gasteiger partial charge on any atom is 0.254 e. The van der Waals surface area contributed by atoms with Crippen molar-refractivity contribution >= 4 is 17.3 Å². The van der Waals surface area contributed by atoms with Crippen LogP contribution in [0.4, 0.5) is 15.9 Å². The Kier molecular flexibility index (Phi) is 3.20. The van der Waals surface area contributed by atoms with Gasteiger partial charge >= 0.3 is 0 Å². The number of anilines is 2. The second kappa shape index (κ2) is 5.49. The second-order valence-electron chi connectivity index (χ2n) is 5.00. The molecule has 2 heterocycles.